The van der Waals surface area contributed by atoms with Gasteiger partial charge < -0.3 is 9.47 Å². The molecule has 2 rings (SSSR count). The molecule has 0 spiro atoms. The first-order valence-corrected chi connectivity index (χ1v) is 6.61. The Morgan fingerprint density at radius 2 is 2.00 bits per heavy atom. The number of carbonyl (C=O) groups excluding carboxylic acids is 1. The van der Waals surface area contributed by atoms with Crippen molar-refractivity contribution >= 4 is 29.5 Å². The third kappa shape index (κ3) is 3.03. The van der Waals surface area contributed by atoms with Gasteiger partial charge in [-0.1, -0.05) is 24.3 Å². The Kier molecular flexibility index (Phi) is 4.36. The highest BCUT2D eigenvalue weighted by Crippen LogP contribution is 2.25. The van der Waals surface area contributed by atoms with Crippen molar-refractivity contribution in [2.24, 2.45) is 0 Å². The Bertz CT molecular complexity index is 585. The Morgan fingerprint density at radius 3 is 2.63 bits per heavy atom. The van der Waals surface area contributed by atoms with Crippen LogP contribution in [0.5, 0.6) is 5.75 Å². The van der Waals surface area contributed by atoms with E-state index < -0.39 is 5.97 Å². The van der Waals surface area contributed by atoms with E-state index in [1.807, 2.05) is 41.8 Å². The fourth-order valence-electron chi connectivity index (χ4n) is 1.74. The average Bonchev–Trinajstić information content (AvgIpc) is 2.97. The molecule has 19 heavy (non-hydrogen) atoms. The van der Waals surface area contributed by atoms with E-state index in [4.69, 9.17) is 9.47 Å². The number of benzene rings is 1. The zero-order valence-electron chi connectivity index (χ0n) is 10.8. The van der Waals surface area contributed by atoms with Gasteiger partial charge in [-0.25, -0.2) is 4.79 Å². The Balaban J connectivity index is 2.42. The van der Waals surface area contributed by atoms with Crippen LogP contribution in [-0.2, 0) is 4.74 Å². The lowest BCUT2D eigenvalue weighted by Crippen LogP contribution is -2.06. The third-order valence-electron chi connectivity index (χ3n) is 2.64. The van der Waals surface area contributed by atoms with Gasteiger partial charge in [0.25, 0.3) is 0 Å². The molecule has 0 fully saturated rings. The molecule has 1 aromatic heterocycles. The minimum absolute atomic E-state index is 0.400. The van der Waals surface area contributed by atoms with Gasteiger partial charge in [-0.3, -0.25) is 0 Å². The minimum Gasteiger partial charge on any atom is -0.496 e. The van der Waals surface area contributed by atoms with Crippen LogP contribution in [-0.4, -0.2) is 20.2 Å². The summed E-state index contributed by atoms with van der Waals surface area (Å²) in [6.45, 7) is 0. The first-order chi connectivity index (χ1) is 9.26. The van der Waals surface area contributed by atoms with Crippen LogP contribution in [0.2, 0.25) is 0 Å². The highest BCUT2D eigenvalue weighted by atomic mass is 32.1. The summed E-state index contributed by atoms with van der Waals surface area (Å²) in [6.07, 6.45) is 3.85. The molecule has 98 valence electrons. The third-order valence-corrected chi connectivity index (χ3v) is 3.48. The number of hydrogen-bond donors (Lipinski definition) is 0. The molecule has 0 bridgehead atoms. The molecule has 1 heterocycles. The predicted molar refractivity (Wildman–Crippen MR) is 77.6 cm³/mol. The Morgan fingerprint density at radius 1 is 1.16 bits per heavy atom. The lowest BCUT2D eigenvalue weighted by Gasteiger charge is -2.09. The van der Waals surface area contributed by atoms with Crippen molar-refractivity contribution in [3.63, 3.8) is 0 Å². The van der Waals surface area contributed by atoms with Gasteiger partial charge in [0.15, 0.2) is 0 Å². The molecule has 0 N–H and O–H groups in total. The van der Waals surface area contributed by atoms with Crippen LogP contribution in [0.3, 0.4) is 0 Å². The van der Waals surface area contributed by atoms with Crippen molar-refractivity contribution in [1.82, 2.24) is 0 Å². The summed E-state index contributed by atoms with van der Waals surface area (Å²) in [7, 11) is 2.90. The number of hydrogen-bond acceptors (Lipinski definition) is 4. The van der Waals surface area contributed by atoms with Crippen LogP contribution >= 0.6 is 11.3 Å². The maximum absolute atomic E-state index is 11.8. The molecule has 0 aliphatic rings. The van der Waals surface area contributed by atoms with E-state index in [0.29, 0.717) is 11.3 Å². The largest absolute Gasteiger partial charge is 0.496 e. The van der Waals surface area contributed by atoms with Gasteiger partial charge in [0.05, 0.1) is 14.2 Å². The Hall–Kier alpha value is -2.07. The molecule has 0 aliphatic heterocycles. The fourth-order valence-corrected chi connectivity index (χ4v) is 2.35. The molecule has 0 aliphatic carbocycles. The number of ether oxygens (including phenoxy) is 2. The molecule has 0 radical (unpaired) electrons. The minimum atomic E-state index is -0.400. The van der Waals surface area contributed by atoms with E-state index in [1.54, 1.807) is 17.4 Å². The summed E-state index contributed by atoms with van der Waals surface area (Å²) < 4.78 is 10.0. The second-order valence-electron chi connectivity index (χ2n) is 3.76. The molecule has 0 atom stereocenters. The molecule has 1 aromatic carbocycles. The van der Waals surface area contributed by atoms with Crippen molar-refractivity contribution in [2.75, 3.05) is 14.2 Å². The molecule has 0 amide bonds. The predicted octanol–water partition coefficient (Wildman–Crippen LogP) is 3.71. The standard InChI is InChI=1S/C15H14O3S/c1-17-13-7-3-5-11(14(13)15(16)18-2)8-9-12-6-4-10-19-12/h3-10H,1-2H3/b9-8+. The van der Waals surface area contributed by atoms with E-state index in [0.717, 1.165) is 10.4 Å². The zero-order valence-corrected chi connectivity index (χ0v) is 11.6. The maximum Gasteiger partial charge on any atom is 0.342 e. The van der Waals surface area contributed by atoms with Crippen LogP contribution in [0.15, 0.2) is 35.7 Å². The van der Waals surface area contributed by atoms with Gasteiger partial charge in [0, 0.05) is 4.88 Å². The summed E-state index contributed by atoms with van der Waals surface area (Å²) in [5, 5.41) is 2.01. The van der Waals surface area contributed by atoms with Gasteiger partial charge in [0.1, 0.15) is 11.3 Å². The smallest absolute Gasteiger partial charge is 0.342 e. The first-order valence-electron chi connectivity index (χ1n) is 5.73. The summed E-state index contributed by atoms with van der Waals surface area (Å²) in [6, 6.07) is 9.45. The van der Waals surface area contributed by atoms with Gasteiger partial charge in [-0.2, -0.15) is 0 Å². The highest BCUT2D eigenvalue weighted by Gasteiger charge is 2.16. The Labute approximate surface area is 116 Å². The van der Waals surface area contributed by atoms with E-state index in [-0.39, 0.29) is 0 Å². The highest BCUT2D eigenvalue weighted by molar-refractivity contribution is 7.10. The summed E-state index contributed by atoms with van der Waals surface area (Å²) in [5.74, 6) is 0.114. The summed E-state index contributed by atoms with van der Waals surface area (Å²) >= 11 is 1.64. The zero-order chi connectivity index (χ0) is 13.7. The molecule has 0 unspecified atom stereocenters. The van der Waals surface area contributed by atoms with Crippen LogP contribution < -0.4 is 4.74 Å². The molecule has 3 nitrogen and oxygen atoms in total. The van der Waals surface area contributed by atoms with E-state index >= 15 is 0 Å². The van der Waals surface area contributed by atoms with Gasteiger partial charge in [0.2, 0.25) is 0 Å². The topological polar surface area (TPSA) is 35.5 Å². The van der Waals surface area contributed by atoms with Crippen LogP contribution in [0.4, 0.5) is 0 Å². The van der Waals surface area contributed by atoms with Gasteiger partial charge in [-0.15, -0.1) is 11.3 Å². The van der Waals surface area contributed by atoms with Crippen molar-refractivity contribution in [3.8, 4) is 5.75 Å². The maximum atomic E-state index is 11.8. The monoisotopic (exact) mass is 274 g/mol. The lowest BCUT2D eigenvalue weighted by atomic mass is 10.1. The molecular formula is C15H14O3S. The number of rotatable bonds is 4. The van der Waals surface area contributed by atoms with Crippen molar-refractivity contribution in [1.29, 1.82) is 0 Å². The molecule has 4 heteroatoms. The van der Waals surface area contributed by atoms with E-state index in [9.17, 15) is 4.79 Å². The summed E-state index contributed by atoms with van der Waals surface area (Å²) in [5.41, 5.74) is 1.22. The number of methoxy groups -OCH3 is 2. The van der Waals surface area contributed by atoms with E-state index in [1.165, 1.54) is 14.2 Å². The van der Waals surface area contributed by atoms with Crippen molar-refractivity contribution in [3.05, 3.63) is 51.7 Å². The van der Waals surface area contributed by atoms with Gasteiger partial charge in [-0.05, 0) is 29.2 Å². The molecule has 0 saturated carbocycles. The van der Waals surface area contributed by atoms with E-state index in [2.05, 4.69) is 0 Å². The number of carbonyl (C=O) groups is 1. The number of thiophene rings is 1. The van der Waals surface area contributed by atoms with Crippen molar-refractivity contribution in [2.45, 2.75) is 0 Å². The quantitative estimate of drug-likeness (QED) is 0.797. The lowest BCUT2D eigenvalue weighted by molar-refractivity contribution is 0.0597. The first kappa shape index (κ1) is 13.4. The molecular weight excluding hydrogens is 260 g/mol. The second kappa shape index (κ2) is 6.20. The van der Waals surface area contributed by atoms with Gasteiger partial charge >= 0.3 is 5.97 Å². The van der Waals surface area contributed by atoms with Crippen LogP contribution in [0.25, 0.3) is 12.2 Å². The number of esters is 1. The van der Waals surface area contributed by atoms with Crippen LogP contribution in [0.1, 0.15) is 20.8 Å². The second-order valence-corrected chi connectivity index (χ2v) is 4.74. The molecule has 2 aromatic rings. The SMILES string of the molecule is COC(=O)c1c(/C=C/c2cccs2)cccc1OC. The average molecular weight is 274 g/mol. The van der Waals surface area contributed by atoms with Crippen molar-refractivity contribution < 1.29 is 14.3 Å². The normalized spacial score (nSPS) is 10.6. The summed E-state index contributed by atoms with van der Waals surface area (Å²) in [4.78, 5) is 13.0. The fraction of sp³-hybridized carbons (Fsp3) is 0.133. The molecule has 0 saturated heterocycles. The van der Waals surface area contributed by atoms with Crippen LogP contribution in [0, 0.1) is 0 Å².